The summed E-state index contributed by atoms with van der Waals surface area (Å²) in [4.78, 5) is 28.2. The van der Waals surface area contributed by atoms with Crippen molar-refractivity contribution in [3.8, 4) is 5.69 Å². The zero-order chi connectivity index (χ0) is 16.6. The Morgan fingerprint density at radius 1 is 1.22 bits per heavy atom. The molecule has 0 aliphatic carbocycles. The number of nitrogens with zero attached hydrogens (tertiary/aromatic N) is 4. The molecule has 3 rings (SSSR count). The van der Waals surface area contributed by atoms with Gasteiger partial charge in [0.15, 0.2) is 5.65 Å². The van der Waals surface area contributed by atoms with Crippen molar-refractivity contribution in [2.75, 3.05) is 7.05 Å². The van der Waals surface area contributed by atoms with Gasteiger partial charge in [0, 0.05) is 7.05 Å². The topological polar surface area (TPSA) is 81.8 Å². The van der Waals surface area contributed by atoms with Crippen molar-refractivity contribution >= 4 is 16.9 Å². The van der Waals surface area contributed by atoms with E-state index in [1.807, 2.05) is 26.0 Å². The van der Waals surface area contributed by atoms with Crippen LogP contribution >= 0.6 is 0 Å². The van der Waals surface area contributed by atoms with E-state index >= 15 is 0 Å². The summed E-state index contributed by atoms with van der Waals surface area (Å²) in [5, 5.41) is 7.16. The highest BCUT2D eigenvalue weighted by Gasteiger charge is 2.13. The Hall–Kier alpha value is -2.96. The van der Waals surface area contributed by atoms with Crippen LogP contribution in [0.3, 0.4) is 0 Å². The molecule has 7 heteroatoms. The van der Waals surface area contributed by atoms with Crippen LogP contribution in [0, 0.1) is 13.8 Å². The quantitative estimate of drug-likeness (QED) is 0.780. The fraction of sp³-hybridized carbons (Fsp3) is 0.250. The molecule has 0 fully saturated rings. The van der Waals surface area contributed by atoms with Crippen molar-refractivity contribution in [2.24, 2.45) is 0 Å². The molecular formula is C16H17N5O2. The van der Waals surface area contributed by atoms with Crippen molar-refractivity contribution in [3.63, 3.8) is 0 Å². The summed E-state index contributed by atoms with van der Waals surface area (Å²) in [5.41, 5.74) is 3.27. The number of amides is 1. The predicted octanol–water partition coefficient (Wildman–Crippen LogP) is 0.945. The molecule has 7 nitrogen and oxygen atoms in total. The fourth-order valence-corrected chi connectivity index (χ4v) is 2.56. The molecule has 3 aromatic rings. The molecule has 0 bridgehead atoms. The van der Waals surface area contributed by atoms with Crippen molar-refractivity contribution in [1.82, 2.24) is 24.6 Å². The predicted molar refractivity (Wildman–Crippen MR) is 86.7 cm³/mol. The Kier molecular flexibility index (Phi) is 3.69. The van der Waals surface area contributed by atoms with E-state index in [9.17, 15) is 9.59 Å². The summed E-state index contributed by atoms with van der Waals surface area (Å²) in [5.74, 6) is -0.255. The first-order valence-electron chi connectivity index (χ1n) is 7.22. The number of rotatable bonds is 3. The number of likely N-dealkylation sites (N-methyl/N-ethyl adjacent to an activating group) is 1. The highest BCUT2D eigenvalue weighted by atomic mass is 16.2. The van der Waals surface area contributed by atoms with Crippen molar-refractivity contribution in [1.29, 1.82) is 0 Å². The first-order chi connectivity index (χ1) is 11.0. The fourth-order valence-electron chi connectivity index (χ4n) is 2.56. The van der Waals surface area contributed by atoms with Crippen LogP contribution < -0.4 is 10.9 Å². The standard InChI is InChI=1S/C16H17N5O2/c1-10-4-11(2)6-12(5-10)21-15-13(7-19-21)16(23)20(9-18-15)8-14(22)17-3/h4-7,9H,8H2,1-3H3,(H,17,22). The zero-order valence-electron chi connectivity index (χ0n) is 13.2. The lowest BCUT2D eigenvalue weighted by molar-refractivity contribution is -0.121. The van der Waals surface area contributed by atoms with Gasteiger partial charge in [0.25, 0.3) is 5.56 Å². The van der Waals surface area contributed by atoms with Crippen LogP contribution in [-0.2, 0) is 11.3 Å². The first kappa shape index (κ1) is 15.0. The number of aryl methyl sites for hydroxylation is 2. The third-order valence-electron chi connectivity index (χ3n) is 3.60. The molecule has 0 saturated carbocycles. The maximum atomic E-state index is 12.4. The number of hydrogen-bond acceptors (Lipinski definition) is 4. The van der Waals surface area contributed by atoms with Crippen LogP contribution in [0.1, 0.15) is 11.1 Å². The van der Waals surface area contributed by atoms with E-state index < -0.39 is 0 Å². The first-order valence-corrected chi connectivity index (χ1v) is 7.22. The Bertz CT molecular complexity index is 934. The van der Waals surface area contributed by atoms with Gasteiger partial charge in [0.05, 0.1) is 11.9 Å². The summed E-state index contributed by atoms with van der Waals surface area (Å²) < 4.78 is 2.91. The van der Waals surface area contributed by atoms with Crippen LogP contribution in [0.4, 0.5) is 0 Å². The molecule has 0 aliphatic heterocycles. The van der Waals surface area contributed by atoms with Gasteiger partial charge in [-0.3, -0.25) is 14.2 Å². The van der Waals surface area contributed by atoms with Gasteiger partial charge in [-0.25, -0.2) is 9.67 Å². The van der Waals surface area contributed by atoms with Gasteiger partial charge < -0.3 is 5.32 Å². The van der Waals surface area contributed by atoms with Crippen molar-refractivity contribution in [2.45, 2.75) is 20.4 Å². The lowest BCUT2D eigenvalue weighted by atomic mass is 10.1. The van der Waals surface area contributed by atoms with E-state index in [0.29, 0.717) is 11.0 Å². The second-order valence-electron chi connectivity index (χ2n) is 5.49. The third kappa shape index (κ3) is 2.73. The molecule has 0 unspecified atom stereocenters. The number of fused-ring (bicyclic) bond motifs is 1. The summed E-state index contributed by atoms with van der Waals surface area (Å²) in [7, 11) is 1.53. The lowest BCUT2D eigenvalue weighted by Gasteiger charge is -2.07. The van der Waals surface area contributed by atoms with E-state index in [1.54, 1.807) is 4.68 Å². The maximum Gasteiger partial charge on any atom is 0.264 e. The zero-order valence-corrected chi connectivity index (χ0v) is 13.2. The highest BCUT2D eigenvalue weighted by molar-refractivity contribution is 5.77. The van der Waals surface area contributed by atoms with Gasteiger partial charge in [-0.2, -0.15) is 5.10 Å². The molecule has 0 atom stereocenters. The third-order valence-corrected chi connectivity index (χ3v) is 3.60. The number of aromatic nitrogens is 4. The molecule has 1 amide bonds. The second kappa shape index (κ2) is 5.68. The van der Waals surface area contributed by atoms with Crippen LogP contribution in [0.2, 0.25) is 0 Å². The Labute approximate surface area is 132 Å². The number of nitrogens with one attached hydrogen (secondary N) is 1. The molecule has 1 N–H and O–H groups in total. The van der Waals surface area contributed by atoms with Crippen LogP contribution in [0.15, 0.2) is 35.5 Å². The molecule has 0 spiro atoms. The molecular weight excluding hydrogens is 294 g/mol. The second-order valence-corrected chi connectivity index (χ2v) is 5.49. The van der Waals surface area contributed by atoms with E-state index in [4.69, 9.17) is 0 Å². The minimum atomic E-state index is -0.283. The summed E-state index contributed by atoms with van der Waals surface area (Å²) in [6, 6.07) is 6.04. The van der Waals surface area contributed by atoms with E-state index in [2.05, 4.69) is 21.5 Å². The highest BCUT2D eigenvalue weighted by Crippen LogP contribution is 2.16. The Morgan fingerprint density at radius 3 is 2.57 bits per heavy atom. The van der Waals surface area contributed by atoms with Crippen LogP contribution in [0.5, 0.6) is 0 Å². The Balaban J connectivity index is 2.13. The van der Waals surface area contributed by atoms with Gasteiger partial charge in [-0.1, -0.05) is 6.07 Å². The Morgan fingerprint density at radius 2 is 1.91 bits per heavy atom. The van der Waals surface area contributed by atoms with Crippen LogP contribution in [-0.4, -0.2) is 32.3 Å². The number of carbonyl (C=O) groups excluding carboxylic acids is 1. The van der Waals surface area contributed by atoms with Gasteiger partial charge in [-0.05, 0) is 37.1 Å². The van der Waals surface area contributed by atoms with Gasteiger partial charge in [0.1, 0.15) is 18.3 Å². The maximum absolute atomic E-state index is 12.4. The lowest BCUT2D eigenvalue weighted by Crippen LogP contribution is -2.30. The summed E-state index contributed by atoms with van der Waals surface area (Å²) >= 11 is 0. The molecule has 23 heavy (non-hydrogen) atoms. The van der Waals surface area contributed by atoms with Crippen molar-refractivity contribution < 1.29 is 4.79 Å². The summed E-state index contributed by atoms with van der Waals surface area (Å²) in [6.45, 7) is 3.95. The number of carbonyl (C=O) groups is 1. The van der Waals surface area contributed by atoms with E-state index in [-0.39, 0.29) is 18.0 Å². The monoisotopic (exact) mass is 311 g/mol. The number of benzene rings is 1. The number of hydrogen-bond donors (Lipinski definition) is 1. The van der Waals surface area contributed by atoms with E-state index in [0.717, 1.165) is 16.8 Å². The molecule has 118 valence electrons. The molecule has 0 radical (unpaired) electrons. The SMILES string of the molecule is CNC(=O)Cn1cnc2c(cnn2-c2cc(C)cc(C)c2)c1=O. The summed E-state index contributed by atoms with van der Waals surface area (Å²) in [6.07, 6.45) is 2.86. The van der Waals surface area contributed by atoms with E-state index in [1.165, 1.54) is 24.1 Å². The smallest absolute Gasteiger partial charge is 0.264 e. The molecule has 2 heterocycles. The molecule has 0 aliphatic rings. The minimum absolute atomic E-state index is 0.0625. The normalized spacial score (nSPS) is 10.9. The molecule has 1 aromatic carbocycles. The average molecular weight is 311 g/mol. The van der Waals surface area contributed by atoms with Crippen LogP contribution in [0.25, 0.3) is 16.7 Å². The van der Waals surface area contributed by atoms with Gasteiger partial charge in [-0.15, -0.1) is 0 Å². The largest absolute Gasteiger partial charge is 0.358 e. The van der Waals surface area contributed by atoms with Gasteiger partial charge in [0.2, 0.25) is 5.91 Å². The molecule has 0 saturated heterocycles. The molecule has 2 aromatic heterocycles. The van der Waals surface area contributed by atoms with Gasteiger partial charge >= 0.3 is 0 Å². The van der Waals surface area contributed by atoms with Crippen molar-refractivity contribution in [3.05, 3.63) is 52.2 Å². The average Bonchev–Trinajstić information content (AvgIpc) is 2.93. The minimum Gasteiger partial charge on any atom is -0.358 e.